The summed E-state index contributed by atoms with van der Waals surface area (Å²) in [7, 11) is 3.69. The van der Waals surface area contributed by atoms with Crippen molar-refractivity contribution in [3.63, 3.8) is 0 Å². The van der Waals surface area contributed by atoms with Gasteiger partial charge in [0.25, 0.3) is 0 Å². The Kier molecular flexibility index (Phi) is 6.48. The summed E-state index contributed by atoms with van der Waals surface area (Å²) in [4.78, 5) is 12.4. The van der Waals surface area contributed by atoms with Gasteiger partial charge in [-0.05, 0) is 60.8 Å². The third-order valence-corrected chi connectivity index (χ3v) is 5.22. The van der Waals surface area contributed by atoms with Crippen molar-refractivity contribution in [2.45, 2.75) is 38.5 Å². The van der Waals surface area contributed by atoms with Crippen LogP contribution in [0.25, 0.3) is 0 Å². The Morgan fingerprint density at radius 3 is 2.29 bits per heavy atom. The number of nitrogens with zero attached hydrogens (tertiary/aromatic N) is 2. The van der Waals surface area contributed by atoms with Gasteiger partial charge in [-0.2, -0.15) is 13.5 Å². The molecule has 0 atom stereocenters. The molecule has 0 unspecified atom stereocenters. The zero-order valence-electron chi connectivity index (χ0n) is 14.3. The number of amides is 2. The molecular formula is C17H26N4OS2. The van der Waals surface area contributed by atoms with Gasteiger partial charge >= 0.3 is 6.03 Å². The van der Waals surface area contributed by atoms with Crippen molar-refractivity contribution >= 4 is 37.3 Å². The molecule has 1 aromatic rings. The standard InChI is InChI=1S/C17H24N4OS.H2S/c1-4-20(2)23-21(3)19-17(22)18-16-14-9-5-7-12(14)11-13-8-6-10-15(13)16;/h4,11H,1,5-10H2,2-3H3,(H2,18,19,22);1H2. The average molecular weight is 367 g/mol. The van der Waals surface area contributed by atoms with E-state index >= 15 is 0 Å². The number of nitrogens with one attached hydrogen (secondary N) is 2. The van der Waals surface area contributed by atoms with Crippen molar-refractivity contribution in [1.29, 1.82) is 0 Å². The van der Waals surface area contributed by atoms with Crippen molar-refractivity contribution in [3.05, 3.63) is 41.1 Å². The number of benzene rings is 1. The molecule has 24 heavy (non-hydrogen) atoms. The minimum Gasteiger partial charge on any atom is -0.313 e. The molecule has 0 fully saturated rings. The summed E-state index contributed by atoms with van der Waals surface area (Å²) < 4.78 is 3.48. The predicted octanol–water partition coefficient (Wildman–Crippen LogP) is 3.38. The van der Waals surface area contributed by atoms with Gasteiger partial charge in [0.1, 0.15) is 0 Å². The van der Waals surface area contributed by atoms with E-state index in [1.807, 2.05) is 18.4 Å². The largest absolute Gasteiger partial charge is 0.334 e. The van der Waals surface area contributed by atoms with E-state index in [4.69, 9.17) is 0 Å². The maximum absolute atomic E-state index is 12.4. The highest BCUT2D eigenvalue weighted by Gasteiger charge is 2.25. The van der Waals surface area contributed by atoms with Crippen LogP contribution in [0, 0.1) is 0 Å². The first-order chi connectivity index (χ1) is 11.1. The molecule has 2 aliphatic carbocycles. The van der Waals surface area contributed by atoms with Crippen molar-refractivity contribution in [1.82, 2.24) is 14.1 Å². The number of hydrogen-bond donors (Lipinski definition) is 2. The van der Waals surface area contributed by atoms with Crippen molar-refractivity contribution in [3.8, 4) is 0 Å². The number of anilines is 1. The van der Waals surface area contributed by atoms with E-state index in [1.54, 1.807) is 10.6 Å². The Morgan fingerprint density at radius 1 is 1.17 bits per heavy atom. The molecule has 5 nitrogen and oxygen atoms in total. The van der Waals surface area contributed by atoms with E-state index in [0.717, 1.165) is 31.4 Å². The van der Waals surface area contributed by atoms with Crippen LogP contribution in [0.15, 0.2) is 18.8 Å². The molecule has 2 N–H and O–H groups in total. The second-order valence-corrected chi connectivity index (χ2v) is 7.39. The fourth-order valence-electron chi connectivity index (χ4n) is 3.50. The van der Waals surface area contributed by atoms with Crippen LogP contribution in [0.2, 0.25) is 0 Å². The molecule has 2 amide bonds. The summed E-state index contributed by atoms with van der Waals surface area (Å²) in [6, 6.07) is 2.18. The van der Waals surface area contributed by atoms with Gasteiger partial charge in [0.2, 0.25) is 0 Å². The Hall–Kier alpha value is -1.31. The lowest BCUT2D eigenvalue weighted by Crippen LogP contribution is -2.39. The summed E-state index contributed by atoms with van der Waals surface area (Å²) in [5.74, 6) is 0. The van der Waals surface area contributed by atoms with Gasteiger partial charge in [-0.25, -0.2) is 4.79 Å². The van der Waals surface area contributed by atoms with Crippen molar-refractivity contribution in [2.75, 3.05) is 19.4 Å². The molecule has 0 heterocycles. The molecule has 132 valence electrons. The topological polar surface area (TPSA) is 47.6 Å². The predicted molar refractivity (Wildman–Crippen MR) is 106 cm³/mol. The van der Waals surface area contributed by atoms with E-state index in [1.165, 1.54) is 47.2 Å². The van der Waals surface area contributed by atoms with Crippen LogP contribution in [0.5, 0.6) is 0 Å². The third kappa shape index (κ3) is 4.02. The highest BCUT2D eigenvalue weighted by Crippen LogP contribution is 2.38. The maximum atomic E-state index is 12.4. The molecule has 0 radical (unpaired) electrons. The summed E-state index contributed by atoms with van der Waals surface area (Å²) in [6.07, 6.45) is 8.49. The summed E-state index contributed by atoms with van der Waals surface area (Å²) in [5.41, 5.74) is 9.45. The Morgan fingerprint density at radius 2 is 1.75 bits per heavy atom. The van der Waals surface area contributed by atoms with Crippen LogP contribution in [0.3, 0.4) is 0 Å². The first-order valence-electron chi connectivity index (χ1n) is 8.10. The van der Waals surface area contributed by atoms with Crippen LogP contribution in [0.4, 0.5) is 10.5 Å². The molecule has 3 rings (SSSR count). The van der Waals surface area contributed by atoms with Crippen molar-refractivity contribution < 1.29 is 4.79 Å². The second-order valence-electron chi connectivity index (χ2n) is 6.11. The van der Waals surface area contributed by atoms with Gasteiger partial charge in [-0.1, -0.05) is 12.6 Å². The van der Waals surface area contributed by atoms with Gasteiger partial charge in [0.15, 0.2) is 0 Å². The van der Waals surface area contributed by atoms with E-state index in [-0.39, 0.29) is 19.5 Å². The number of hydrazine groups is 1. The minimum atomic E-state index is -0.188. The lowest BCUT2D eigenvalue weighted by atomic mass is 9.99. The van der Waals surface area contributed by atoms with Gasteiger partial charge in [0.05, 0.1) is 12.1 Å². The Labute approximate surface area is 155 Å². The molecule has 0 bridgehead atoms. The van der Waals surface area contributed by atoms with Gasteiger partial charge in [-0.15, -0.1) is 4.41 Å². The summed E-state index contributed by atoms with van der Waals surface area (Å²) in [6.45, 7) is 3.69. The molecule has 0 saturated heterocycles. The van der Waals surface area contributed by atoms with E-state index < -0.39 is 0 Å². The number of urea groups is 1. The minimum absolute atomic E-state index is 0. The van der Waals surface area contributed by atoms with Crippen LogP contribution < -0.4 is 10.7 Å². The first kappa shape index (κ1) is 19.0. The van der Waals surface area contributed by atoms with Gasteiger partial charge < -0.3 is 9.62 Å². The van der Waals surface area contributed by atoms with E-state index in [9.17, 15) is 4.79 Å². The summed E-state index contributed by atoms with van der Waals surface area (Å²) in [5, 5.41) is 3.12. The van der Waals surface area contributed by atoms with Gasteiger partial charge in [0, 0.05) is 26.0 Å². The number of rotatable bonds is 5. The molecule has 0 saturated carbocycles. The van der Waals surface area contributed by atoms with Gasteiger partial charge in [-0.3, -0.25) is 5.43 Å². The molecule has 2 aliphatic rings. The average Bonchev–Trinajstić information content (AvgIpc) is 3.14. The highest BCUT2D eigenvalue weighted by atomic mass is 32.2. The zero-order chi connectivity index (χ0) is 16.4. The smallest absolute Gasteiger partial charge is 0.313 e. The SMILES string of the molecule is C=CN(C)SN(C)NC(=O)Nc1c2c(cc3c1CCC3)CCC2.S. The fraction of sp³-hybridized carbons (Fsp3) is 0.471. The molecule has 0 spiro atoms. The fourth-order valence-corrected chi connectivity index (χ4v) is 4.08. The number of carbonyl (C=O) groups excluding carboxylic acids is 1. The van der Waals surface area contributed by atoms with Crippen LogP contribution >= 0.6 is 25.6 Å². The lowest BCUT2D eigenvalue weighted by Gasteiger charge is -2.22. The van der Waals surface area contributed by atoms with Crippen molar-refractivity contribution in [2.24, 2.45) is 0 Å². The number of hydrogen-bond acceptors (Lipinski definition) is 4. The quantitative estimate of drug-likeness (QED) is 0.619. The van der Waals surface area contributed by atoms with E-state index in [2.05, 4.69) is 23.4 Å². The molecule has 0 aliphatic heterocycles. The Bertz CT molecular complexity index is 603. The lowest BCUT2D eigenvalue weighted by molar-refractivity contribution is 0.239. The van der Waals surface area contributed by atoms with E-state index in [0.29, 0.717) is 0 Å². The first-order valence-corrected chi connectivity index (χ1v) is 8.83. The molecule has 1 aromatic carbocycles. The molecule has 0 aromatic heterocycles. The second kappa shape index (κ2) is 8.18. The monoisotopic (exact) mass is 366 g/mol. The van der Waals surface area contributed by atoms with Crippen LogP contribution in [-0.2, 0) is 25.7 Å². The third-order valence-electron chi connectivity index (χ3n) is 4.48. The number of fused-ring (bicyclic) bond motifs is 2. The van der Waals surface area contributed by atoms with Crippen LogP contribution in [-0.4, -0.2) is 28.8 Å². The molecule has 7 heteroatoms. The zero-order valence-corrected chi connectivity index (χ0v) is 16.1. The number of carbonyl (C=O) groups is 1. The Balaban J connectivity index is 0.00000208. The normalized spacial score (nSPS) is 14.6. The summed E-state index contributed by atoms with van der Waals surface area (Å²) >= 11 is 1.37. The highest BCUT2D eigenvalue weighted by molar-refractivity contribution is 7.94. The maximum Gasteiger partial charge on any atom is 0.334 e. The van der Waals surface area contributed by atoms with Crippen LogP contribution in [0.1, 0.15) is 35.1 Å². The number of aryl methyl sites for hydroxylation is 2. The molecular weight excluding hydrogens is 340 g/mol.